The van der Waals surface area contributed by atoms with E-state index in [4.69, 9.17) is 0 Å². The molecule has 72 valence electrons. The van der Waals surface area contributed by atoms with E-state index in [1.54, 1.807) is 35.9 Å². The smallest absolute Gasteiger partial charge is 0.181 e. The predicted octanol–water partition coefficient (Wildman–Crippen LogP) is 1.66. The van der Waals surface area contributed by atoms with Crippen LogP contribution in [0.4, 0.5) is 0 Å². The Morgan fingerprint density at radius 2 is 2.14 bits per heavy atom. The molecule has 0 fully saturated rings. The van der Waals surface area contributed by atoms with Crippen LogP contribution in [0.15, 0.2) is 34.7 Å². The van der Waals surface area contributed by atoms with E-state index in [-0.39, 0.29) is 5.43 Å². The number of nitrogens with zero attached hydrogens (tertiary/aromatic N) is 2. The van der Waals surface area contributed by atoms with Crippen LogP contribution in [-0.4, -0.2) is 9.55 Å². The second-order valence-electron chi connectivity index (χ2n) is 3.06. The molecule has 0 unspecified atom stereocenters. The quantitative estimate of drug-likeness (QED) is 0.749. The molecule has 14 heavy (non-hydrogen) atoms. The largest absolute Gasteiger partial charge is 0.348 e. The first kappa shape index (κ1) is 9.15. The van der Waals surface area contributed by atoms with E-state index in [1.165, 1.54) is 0 Å². The van der Waals surface area contributed by atoms with Crippen molar-refractivity contribution in [2.45, 2.75) is 13.5 Å². The third-order valence-corrected chi connectivity index (χ3v) is 2.69. The van der Waals surface area contributed by atoms with Crippen molar-refractivity contribution in [2.75, 3.05) is 0 Å². The molecule has 0 saturated carbocycles. The minimum Gasteiger partial charge on any atom is -0.348 e. The zero-order chi connectivity index (χ0) is 9.97. The van der Waals surface area contributed by atoms with Crippen LogP contribution < -0.4 is 5.43 Å². The fourth-order valence-corrected chi connectivity index (χ4v) is 1.82. The molecule has 0 atom stereocenters. The van der Waals surface area contributed by atoms with Gasteiger partial charge in [-0.05, 0) is 6.92 Å². The molecule has 2 rings (SSSR count). The summed E-state index contributed by atoms with van der Waals surface area (Å²) < 4.78 is 1.94. The SMILES string of the molecule is Cc1nc(Cn2ccc(=O)cc2)cs1. The van der Waals surface area contributed by atoms with E-state index in [0.717, 1.165) is 17.2 Å². The van der Waals surface area contributed by atoms with Gasteiger partial charge in [0, 0.05) is 29.9 Å². The van der Waals surface area contributed by atoms with Crippen LogP contribution in [-0.2, 0) is 6.54 Å². The number of thiazole rings is 1. The Balaban J connectivity index is 2.19. The summed E-state index contributed by atoms with van der Waals surface area (Å²) in [5.41, 5.74) is 1.08. The highest BCUT2D eigenvalue weighted by molar-refractivity contribution is 7.09. The minimum atomic E-state index is 0.0377. The van der Waals surface area contributed by atoms with Gasteiger partial charge in [0.05, 0.1) is 17.2 Å². The van der Waals surface area contributed by atoms with E-state index >= 15 is 0 Å². The van der Waals surface area contributed by atoms with Gasteiger partial charge in [-0.15, -0.1) is 11.3 Å². The maximum absolute atomic E-state index is 10.9. The lowest BCUT2D eigenvalue weighted by Crippen LogP contribution is -2.04. The second kappa shape index (κ2) is 3.75. The summed E-state index contributed by atoms with van der Waals surface area (Å²) in [6, 6.07) is 3.11. The molecule has 0 aliphatic rings. The van der Waals surface area contributed by atoms with Gasteiger partial charge in [-0.25, -0.2) is 4.98 Å². The van der Waals surface area contributed by atoms with Crippen LogP contribution in [0.25, 0.3) is 0 Å². The molecule has 0 spiro atoms. The van der Waals surface area contributed by atoms with Crippen molar-refractivity contribution in [3.05, 3.63) is 50.8 Å². The number of hydrogen-bond donors (Lipinski definition) is 0. The number of aromatic nitrogens is 2. The average molecular weight is 206 g/mol. The normalized spacial score (nSPS) is 10.4. The van der Waals surface area contributed by atoms with Crippen LogP contribution >= 0.6 is 11.3 Å². The van der Waals surface area contributed by atoms with Gasteiger partial charge in [-0.1, -0.05) is 0 Å². The molecule has 2 heterocycles. The Hall–Kier alpha value is -1.42. The van der Waals surface area contributed by atoms with E-state index in [1.807, 2.05) is 16.9 Å². The summed E-state index contributed by atoms with van der Waals surface area (Å²) in [5, 5.41) is 3.11. The summed E-state index contributed by atoms with van der Waals surface area (Å²) in [6.45, 7) is 2.71. The van der Waals surface area contributed by atoms with Gasteiger partial charge in [-0.2, -0.15) is 0 Å². The van der Waals surface area contributed by atoms with E-state index in [2.05, 4.69) is 4.98 Å². The predicted molar refractivity (Wildman–Crippen MR) is 56.7 cm³/mol. The van der Waals surface area contributed by atoms with Crippen LogP contribution in [0.5, 0.6) is 0 Å². The number of rotatable bonds is 2. The molecule has 0 aliphatic heterocycles. The molecule has 0 radical (unpaired) electrons. The van der Waals surface area contributed by atoms with Crippen molar-refractivity contribution >= 4 is 11.3 Å². The van der Waals surface area contributed by atoms with Crippen molar-refractivity contribution in [3.8, 4) is 0 Å². The molecule has 2 aromatic heterocycles. The third kappa shape index (κ3) is 2.09. The molecule has 0 saturated heterocycles. The minimum absolute atomic E-state index is 0.0377. The average Bonchev–Trinajstić information content (AvgIpc) is 2.56. The van der Waals surface area contributed by atoms with Crippen molar-refractivity contribution in [2.24, 2.45) is 0 Å². The summed E-state index contributed by atoms with van der Waals surface area (Å²) in [4.78, 5) is 15.2. The first-order valence-corrected chi connectivity index (χ1v) is 5.19. The lowest BCUT2D eigenvalue weighted by Gasteiger charge is -2.01. The molecule has 0 aromatic carbocycles. The van der Waals surface area contributed by atoms with E-state index in [0.29, 0.717) is 0 Å². The highest BCUT2D eigenvalue weighted by Crippen LogP contribution is 2.08. The summed E-state index contributed by atoms with van der Waals surface area (Å²) in [5.74, 6) is 0. The van der Waals surface area contributed by atoms with Crippen LogP contribution in [0, 0.1) is 6.92 Å². The first-order chi connectivity index (χ1) is 6.74. The Morgan fingerprint density at radius 1 is 1.43 bits per heavy atom. The van der Waals surface area contributed by atoms with Gasteiger partial charge in [0.15, 0.2) is 5.43 Å². The Bertz CT molecular complexity index is 466. The highest BCUT2D eigenvalue weighted by atomic mass is 32.1. The standard InChI is InChI=1S/C10H10N2OS/c1-8-11-9(7-14-8)6-12-4-2-10(13)3-5-12/h2-5,7H,6H2,1H3. The summed E-state index contributed by atoms with van der Waals surface area (Å²) in [7, 11) is 0. The van der Waals surface area contributed by atoms with Crippen molar-refractivity contribution in [1.82, 2.24) is 9.55 Å². The topological polar surface area (TPSA) is 34.9 Å². The first-order valence-electron chi connectivity index (χ1n) is 4.31. The lowest BCUT2D eigenvalue weighted by molar-refractivity contribution is 0.769. The van der Waals surface area contributed by atoms with Gasteiger partial charge >= 0.3 is 0 Å². The summed E-state index contributed by atoms with van der Waals surface area (Å²) in [6.07, 6.45) is 3.55. The van der Waals surface area contributed by atoms with Crippen LogP contribution in [0.3, 0.4) is 0 Å². The van der Waals surface area contributed by atoms with E-state index in [9.17, 15) is 4.79 Å². The highest BCUT2D eigenvalue weighted by Gasteiger charge is 1.97. The van der Waals surface area contributed by atoms with Gasteiger partial charge in [0.1, 0.15) is 0 Å². The number of pyridine rings is 1. The molecule has 2 aromatic rings. The Morgan fingerprint density at radius 3 is 2.71 bits per heavy atom. The van der Waals surface area contributed by atoms with Gasteiger partial charge in [0.25, 0.3) is 0 Å². The molecular weight excluding hydrogens is 196 g/mol. The zero-order valence-corrected chi connectivity index (χ0v) is 8.62. The van der Waals surface area contributed by atoms with E-state index < -0.39 is 0 Å². The molecule has 0 aliphatic carbocycles. The van der Waals surface area contributed by atoms with Crippen LogP contribution in [0.1, 0.15) is 10.7 Å². The maximum Gasteiger partial charge on any atom is 0.181 e. The number of aryl methyl sites for hydroxylation is 1. The monoisotopic (exact) mass is 206 g/mol. The maximum atomic E-state index is 10.9. The van der Waals surface area contributed by atoms with Gasteiger partial charge < -0.3 is 4.57 Å². The van der Waals surface area contributed by atoms with Crippen molar-refractivity contribution < 1.29 is 0 Å². The van der Waals surface area contributed by atoms with Crippen molar-refractivity contribution in [1.29, 1.82) is 0 Å². The van der Waals surface area contributed by atoms with Crippen LogP contribution in [0.2, 0.25) is 0 Å². The lowest BCUT2D eigenvalue weighted by atomic mass is 10.4. The molecule has 3 nitrogen and oxygen atoms in total. The zero-order valence-electron chi connectivity index (χ0n) is 7.80. The summed E-state index contributed by atoms with van der Waals surface area (Å²) >= 11 is 1.64. The molecule has 0 amide bonds. The molecular formula is C10H10N2OS. The van der Waals surface area contributed by atoms with Crippen molar-refractivity contribution in [3.63, 3.8) is 0 Å². The molecule has 4 heteroatoms. The van der Waals surface area contributed by atoms with Gasteiger partial charge in [-0.3, -0.25) is 4.79 Å². The number of hydrogen-bond acceptors (Lipinski definition) is 3. The fraction of sp³-hybridized carbons (Fsp3) is 0.200. The fourth-order valence-electron chi connectivity index (χ4n) is 1.22. The third-order valence-electron chi connectivity index (χ3n) is 1.87. The Labute approximate surface area is 85.7 Å². The second-order valence-corrected chi connectivity index (χ2v) is 4.13. The Kier molecular flexibility index (Phi) is 2.45. The molecule has 0 bridgehead atoms. The molecule has 0 N–H and O–H groups in total. The van der Waals surface area contributed by atoms with Gasteiger partial charge in [0.2, 0.25) is 0 Å².